The lowest BCUT2D eigenvalue weighted by atomic mass is 10.3. The van der Waals surface area contributed by atoms with Gasteiger partial charge in [-0.05, 0) is 30.0 Å². The first-order valence-corrected chi connectivity index (χ1v) is 3.91. The molecule has 0 aliphatic heterocycles. The van der Waals surface area contributed by atoms with Crippen molar-refractivity contribution in [1.29, 1.82) is 0 Å². The van der Waals surface area contributed by atoms with E-state index >= 15 is 0 Å². The number of benzene rings is 1. The third-order valence-electron chi connectivity index (χ3n) is 1.12. The molecular formula is C7H3F5S. The number of hydrogen-bond donors (Lipinski definition) is 0. The van der Waals surface area contributed by atoms with Gasteiger partial charge in [-0.2, -0.15) is 13.2 Å². The minimum absolute atomic E-state index is 0.507. The summed E-state index contributed by atoms with van der Waals surface area (Å²) in [7, 11) is 0. The molecule has 0 heterocycles. The predicted octanol–water partition coefficient (Wildman–Crippen LogP) is 3.58. The molecule has 13 heavy (non-hydrogen) atoms. The van der Waals surface area contributed by atoms with Gasteiger partial charge in [0.05, 0.1) is 4.90 Å². The minimum Gasteiger partial charge on any atom is -0.207 e. The molecule has 0 aromatic heterocycles. The zero-order valence-electron chi connectivity index (χ0n) is 6.03. The smallest absolute Gasteiger partial charge is 0.207 e. The zero-order chi connectivity index (χ0) is 10.1. The number of hydrogen-bond acceptors (Lipinski definition) is 1. The topological polar surface area (TPSA) is 0 Å². The Morgan fingerprint density at radius 3 is 2.23 bits per heavy atom. The summed E-state index contributed by atoms with van der Waals surface area (Å²) in [6.07, 6.45) is 0. The predicted molar refractivity (Wildman–Crippen MR) is 38.3 cm³/mol. The Morgan fingerprint density at radius 1 is 1.08 bits per heavy atom. The van der Waals surface area contributed by atoms with Crippen LogP contribution in [0.1, 0.15) is 0 Å². The average molecular weight is 214 g/mol. The van der Waals surface area contributed by atoms with Crippen LogP contribution in [0.5, 0.6) is 0 Å². The lowest BCUT2D eigenvalue weighted by Crippen LogP contribution is -2.00. The molecule has 0 atom stereocenters. The van der Waals surface area contributed by atoms with Gasteiger partial charge < -0.3 is 0 Å². The van der Waals surface area contributed by atoms with Crippen LogP contribution in [0.3, 0.4) is 0 Å². The first-order valence-electron chi connectivity index (χ1n) is 3.09. The molecule has 1 aromatic rings. The molecule has 6 heteroatoms. The Bertz CT molecular complexity index is 306. The van der Waals surface area contributed by atoms with Gasteiger partial charge in [-0.1, -0.05) is 0 Å². The fourth-order valence-electron chi connectivity index (χ4n) is 0.680. The number of halogens is 5. The maximum absolute atomic E-state index is 12.6. The monoisotopic (exact) mass is 214 g/mol. The van der Waals surface area contributed by atoms with Crippen molar-refractivity contribution in [3.05, 3.63) is 29.8 Å². The molecule has 0 saturated carbocycles. The third kappa shape index (κ3) is 3.22. The summed E-state index contributed by atoms with van der Waals surface area (Å²) in [5.41, 5.74) is -4.60. The normalized spacial score (nSPS) is 11.8. The van der Waals surface area contributed by atoms with Gasteiger partial charge in [0.15, 0.2) is 0 Å². The fourth-order valence-corrected chi connectivity index (χ4v) is 1.27. The summed E-state index contributed by atoms with van der Waals surface area (Å²) in [6.45, 7) is 0. The first kappa shape index (κ1) is 10.3. The second-order valence-electron chi connectivity index (χ2n) is 2.12. The van der Waals surface area contributed by atoms with E-state index in [9.17, 15) is 22.0 Å². The van der Waals surface area contributed by atoms with Crippen molar-refractivity contribution >= 4 is 11.8 Å². The Kier molecular flexibility index (Phi) is 2.80. The molecule has 1 aromatic carbocycles. The molecular weight excluding hydrogens is 211 g/mol. The van der Waals surface area contributed by atoms with Crippen molar-refractivity contribution in [2.24, 2.45) is 0 Å². The molecule has 0 N–H and O–H groups in total. The van der Waals surface area contributed by atoms with Gasteiger partial charge in [-0.3, -0.25) is 0 Å². The van der Waals surface area contributed by atoms with E-state index < -0.39 is 33.8 Å². The van der Waals surface area contributed by atoms with E-state index in [1.165, 1.54) is 0 Å². The Labute approximate surface area is 74.7 Å². The second kappa shape index (κ2) is 3.53. The van der Waals surface area contributed by atoms with Crippen LogP contribution in [-0.4, -0.2) is 5.51 Å². The van der Waals surface area contributed by atoms with E-state index in [1.54, 1.807) is 0 Å². The van der Waals surface area contributed by atoms with Gasteiger partial charge in [-0.25, -0.2) is 8.78 Å². The summed E-state index contributed by atoms with van der Waals surface area (Å²) in [4.78, 5) is -0.757. The SMILES string of the molecule is Fc1ccc(F)c(SC(F)(F)F)c1. The van der Waals surface area contributed by atoms with E-state index in [0.29, 0.717) is 12.1 Å². The third-order valence-corrected chi connectivity index (χ3v) is 1.88. The lowest BCUT2D eigenvalue weighted by Gasteiger charge is -2.05. The molecule has 0 fully saturated rings. The van der Waals surface area contributed by atoms with Gasteiger partial charge in [0.1, 0.15) is 11.6 Å². The van der Waals surface area contributed by atoms with E-state index in [0.717, 1.165) is 6.07 Å². The van der Waals surface area contributed by atoms with E-state index in [2.05, 4.69) is 0 Å². The standard InChI is InChI=1S/C7H3F5S/c8-4-1-2-5(9)6(3-4)13-7(10,11)12/h1-3H. The molecule has 0 unspecified atom stereocenters. The lowest BCUT2D eigenvalue weighted by molar-refractivity contribution is -0.0329. The quantitative estimate of drug-likeness (QED) is 0.508. The van der Waals surface area contributed by atoms with Gasteiger partial charge in [0.2, 0.25) is 0 Å². The second-order valence-corrected chi connectivity index (χ2v) is 3.23. The van der Waals surface area contributed by atoms with Crippen molar-refractivity contribution in [2.75, 3.05) is 0 Å². The van der Waals surface area contributed by atoms with E-state index in [-0.39, 0.29) is 0 Å². The van der Waals surface area contributed by atoms with Crippen LogP contribution in [0.15, 0.2) is 23.1 Å². The molecule has 0 spiro atoms. The Hall–Kier alpha value is -0.780. The summed E-state index contributed by atoms with van der Waals surface area (Å²) in [6, 6.07) is 1.92. The Morgan fingerprint density at radius 2 is 1.69 bits per heavy atom. The highest BCUT2D eigenvalue weighted by atomic mass is 32.2. The van der Waals surface area contributed by atoms with Crippen LogP contribution in [0, 0.1) is 11.6 Å². The molecule has 0 nitrogen and oxygen atoms in total. The summed E-state index contributed by atoms with van der Waals surface area (Å²) in [5.74, 6) is -1.98. The van der Waals surface area contributed by atoms with Crippen molar-refractivity contribution in [1.82, 2.24) is 0 Å². The van der Waals surface area contributed by atoms with Crippen LogP contribution in [0.2, 0.25) is 0 Å². The molecule has 0 amide bonds. The number of thioether (sulfide) groups is 1. The molecule has 0 radical (unpaired) electrons. The summed E-state index contributed by atoms with van der Waals surface area (Å²) in [5, 5.41) is 0. The number of alkyl halides is 3. The van der Waals surface area contributed by atoms with Gasteiger partial charge >= 0.3 is 5.51 Å². The van der Waals surface area contributed by atoms with Gasteiger partial charge in [0.25, 0.3) is 0 Å². The maximum atomic E-state index is 12.6. The minimum atomic E-state index is -4.60. The summed E-state index contributed by atoms with van der Waals surface area (Å²) < 4.78 is 60.2. The zero-order valence-corrected chi connectivity index (χ0v) is 6.85. The van der Waals surface area contributed by atoms with Crippen molar-refractivity contribution in [2.45, 2.75) is 10.4 Å². The molecule has 0 saturated heterocycles. The van der Waals surface area contributed by atoms with E-state index in [1.807, 2.05) is 0 Å². The van der Waals surface area contributed by atoms with Crippen LogP contribution in [0.4, 0.5) is 22.0 Å². The Balaban J connectivity index is 2.94. The van der Waals surface area contributed by atoms with Gasteiger partial charge in [0, 0.05) is 0 Å². The average Bonchev–Trinajstić information content (AvgIpc) is 1.94. The van der Waals surface area contributed by atoms with E-state index in [4.69, 9.17) is 0 Å². The molecule has 1 rings (SSSR count). The highest BCUT2D eigenvalue weighted by Gasteiger charge is 2.30. The van der Waals surface area contributed by atoms with Crippen molar-refractivity contribution in [3.63, 3.8) is 0 Å². The molecule has 0 aliphatic carbocycles. The van der Waals surface area contributed by atoms with Crippen molar-refractivity contribution in [3.8, 4) is 0 Å². The maximum Gasteiger partial charge on any atom is 0.446 e. The van der Waals surface area contributed by atoms with Crippen molar-refractivity contribution < 1.29 is 22.0 Å². The van der Waals surface area contributed by atoms with Crippen LogP contribution in [-0.2, 0) is 0 Å². The van der Waals surface area contributed by atoms with Crippen LogP contribution >= 0.6 is 11.8 Å². The molecule has 0 bridgehead atoms. The number of rotatable bonds is 1. The first-order chi connectivity index (χ1) is 5.88. The fraction of sp³-hybridized carbons (Fsp3) is 0.143. The molecule has 0 aliphatic rings. The summed E-state index contributed by atoms with van der Waals surface area (Å²) >= 11 is -0.673. The van der Waals surface area contributed by atoms with Crippen LogP contribution in [0.25, 0.3) is 0 Å². The molecule has 72 valence electrons. The largest absolute Gasteiger partial charge is 0.446 e. The van der Waals surface area contributed by atoms with Crippen LogP contribution < -0.4 is 0 Å². The highest BCUT2D eigenvalue weighted by molar-refractivity contribution is 8.00. The van der Waals surface area contributed by atoms with Gasteiger partial charge in [-0.15, -0.1) is 0 Å². The highest BCUT2D eigenvalue weighted by Crippen LogP contribution is 2.38.